The summed E-state index contributed by atoms with van der Waals surface area (Å²) in [5.74, 6) is 0. The third-order valence-electron chi connectivity index (χ3n) is 2.93. The molecule has 20 heavy (non-hydrogen) atoms. The van der Waals surface area contributed by atoms with E-state index in [9.17, 15) is 0 Å². The fourth-order valence-electron chi connectivity index (χ4n) is 1.91. The molecule has 102 valence electrons. The fraction of sp³-hybridized carbons (Fsp3) is 0.143. The van der Waals surface area contributed by atoms with Crippen LogP contribution in [0.4, 0.5) is 0 Å². The number of rotatable bonds is 4. The summed E-state index contributed by atoms with van der Waals surface area (Å²) in [5.41, 5.74) is 7.94. The first-order valence-electron chi connectivity index (χ1n) is 6.20. The number of para-hydroxylation sites is 1. The zero-order chi connectivity index (χ0) is 13.9. The van der Waals surface area contributed by atoms with Gasteiger partial charge in [0.25, 0.3) is 0 Å². The highest BCUT2D eigenvalue weighted by Crippen LogP contribution is 2.25. The minimum atomic E-state index is -0.141. The van der Waals surface area contributed by atoms with E-state index in [0.29, 0.717) is 0 Å². The van der Waals surface area contributed by atoms with Crippen LogP contribution in [0.1, 0.15) is 16.6 Å². The van der Waals surface area contributed by atoms with Gasteiger partial charge >= 0.3 is 0 Å². The van der Waals surface area contributed by atoms with Gasteiger partial charge in [-0.15, -0.1) is 11.3 Å². The predicted octanol–water partition coefficient (Wildman–Crippen LogP) is 3.33. The third-order valence-corrected chi connectivity index (χ3v) is 4.57. The average Bonchev–Trinajstić information content (AvgIpc) is 3.09. The molecule has 0 bridgehead atoms. The van der Waals surface area contributed by atoms with Gasteiger partial charge < -0.3 is 5.73 Å². The Bertz CT molecular complexity index is 692. The molecule has 0 aliphatic heterocycles. The number of aromatic nitrogens is 3. The van der Waals surface area contributed by atoms with Gasteiger partial charge in [-0.05, 0) is 40.2 Å². The van der Waals surface area contributed by atoms with Crippen molar-refractivity contribution in [3.8, 4) is 5.69 Å². The lowest BCUT2D eigenvalue weighted by Crippen LogP contribution is -2.13. The van der Waals surface area contributed by atoms with Gasteiger partial charge in [-0.3, -0.25) is 0 Å². The normalized spacial score (nSPS) is 12.5. The second-order valence-electron chi connectivity index (χ2n) is 4.41. The lowest BCUT2D eigenvalue weighted by atomic mass is 10.1. The van der Waals surface area contributed by atoms with Crippen molar-refractivity contribution in [2.45, 2.75) is 12.5 Å². The van der Waals surface area contributed by atoms with Gasteiger partial charge in [0.15, 0.2) is 0 Å². The van der Waals surface area contributed by atoms with Gasteiger partial charge in [-0.2, -0.15) is 15.0 Å². The summed E-state index contributed by atoms with van der Waals surface area (Å²) in [6, 6.07) is 13.8. The van der Waals surface area contributed by atoms with Crippen LogP contribution in [0.15, 0.2) is 52.4 Å². The molecule has 0 fully saturated rings. The summed E-state index contributed by atoms with van der Waals surface area (Å²) in [7, 11) is 0. The van der Waals surface area contributed by atoms with Crippen LogP contribution in [0.5, 0.6) is 0 Å². The maximum atomic E-state index is 6.20. The van der Waals surface area contributed by atoms with Crippen molar-refractivity contribution in [1.29, 1.82) is 0 Å². The Morgan fingerprint density at radius 2 is 2.00 bits per heavy atom. The zero-order valence-corrected chi connectivity index (χ0v) is 13.0. The van der Waals surface area contributed by atoms with E-state index >= 15 is 0 Å². The maximum Gasteiger partial charge on any atom is 0.100 e. The van der Waals surface area contributed by atoms with Crippen LogP contribution >= 0.6 is 27.3 Å². The lowest BCUT2D eigenvalue weighted by Gasteiger charge is -2.06. The molecule has 4 nitrogen and oxygen atoms in total. The smallest absolute Gasteiger partial charge is 0.100 e. The SMILES string of the molecule is NC(Cc1ccc(Br)s1)c1cnn(-c2ccccc2)n1. The van der Waals surface area contributed by atoms with Crippen LogP contribution in [0.25, 0.3) is 5.69 Å². The number of halogens is 1. The predicted molar refractivity (Wildman–Crippen MR) is 84.0 cm³/mol. The van der Waals surface area contributed by atoms with E-state index in [0.717, 1.165) is 21.6 Å². The molecule has 0 saturated carbocycles. The van der Waals surface area contributed by atoms with Crippen molar-refractivity contribution in [3.05, 3.63) is 63.0 Å². The molecule has 3 rings (SSSR count). The second-order valence-corrected chi connectivity index (χ2v) is 6.96. The van der Waals surface area contributed by atoms with Gasteiger partial charge in [0.1, 0.15) is 5.69 Å². The van der Waals surface area contributed by atoms with Crippen LogP contribution in [0, 0.1) is 0 Å². The van der Waals surface area contributed by atoms with Crippen molar-refractivity contribution >= 4 is 27.3 Å². The lowest BCUT2D eigenvalue weighted by molar-refractivity contribution is 0.670. The van der Waals surface area contributed by atoms with Crippen LogP contribution in [-0.2, 0) is 6.42 Å². The van der Waals surface area contributed by atoms with Crippen molar-refractivity contribution in [1.82, 2.24) is 15.0 Å². The standard InChI is InChI=1S/C14H13BrN4S/c15-14-7-6-11(20-14)8-12(16)13-9-17-19(18-13)10-4-2-1-3-5-10/h1-7,9,12H,8,16H2. The summed E-state index contributed by atoms with van der Waals surface area (Å²) in [6.07, 6.45) is 2.50. The Labute approximate surface area is 129 Å². The third kappa shape index (κ3) is 2.98. The van der Waals surface area contributed by atoms with Gasteiger partial charge in [0, 0.05) is 11.3 Å². The number of nitrogens with zero attached hydrogens (tertiary/aromatic N) is 3. The van der Waals surface area contributed by atoms with Crippen LogP contribution < -0.4 is 5.73 Å². The Hall–Kier alpha value is -1.50. The highest BCUT2D eigenvalue weighted by atomic mass is 79.9. The van der Waals surface area contributed by atoms with E-state index in [-0.39, 0.29) is 6.04 Å². The van der Waals surface area contributed by atoms with Crippen LogP contribution in [-0.4, -0.2) is 15.0 Å². The largest absolute Gasteiger partial charge is 0.322 e. The van der Waals surface area contributed by atoms with Crippen molar-refractivity contribution in [3.63, 3.8) is 0 Å². The number of nitrogens with two attached hydrogens (primary N) is 1. The molecule has 0 spiro atoms. The molecule has 0 saturated heterocycles. The molecule has 1 unspecified atom stereocenters. The van der Waals surface area contributed by atoms with Crippen molar-refractivity contribution in [2.24, 2.45) is 5.73 Å². The molecule has 2 aromatic heterocycles. The summed E-state index contributed by atoms with van der Waals surface area (Å²) in [5, 5.41) is 8.73. The second kappa shape index (κ2) is 5.87. The van der Waals surface area contributed by atoms with E-state index in [1.54, 1.807) is 22.3 Å². The topological polar surface area (TPSA) is 56.7 Å². The molecule has 3 aromatic rings. The molecule has 0 aliphatic carbocycles. The molecule has 0 aliphatic rings. The quantitative estimate of drug-likeness (QED) is 0.786. The number of thiophene rings is 1. The number of hydrogen-bond donors (Lipinski definition) is 1. The molecule has 0 amide bonds. The minimum Gasteiger partial charge on any atom is -0.322 e. The van der Waals surface area contributed by atoms with E-state index in [4.69, 9.17) is 5.73 Å². The van der Waals surface area contributed by atoms with Gasteiger partial charge in [-0.25, -0.2) is 0 Å². The summed E-state index contributed by atoms with van der Waals surface area (Å²) in [6.45, 7) is 0. The van der Waals surface area contributed by atoms with Gasteiger partial charge in [-0.1, -0.05) is 18.2 Å². The monoisotopic (exact) mass is 348 g/mol. The first-order valence-corrected chi connectivity index (χ1v) is 7.81. The van der Waals surface area contributed by atoms with Gasteiger partial charge in [0.2, 0.25) is 0 Å². The molecule has 0 radical (unpaired) electrons. The van der Waals surface area contributed by atoms with E-state index in [1.165, 1.54) is 4.88 Å². The Kier molecular flexibility index (Phi) is 3.95. The summed E-state index contributed by atoms with van der Waals surface area (Å²) in [4.78, 5) is 2.85. The molecule has 2 N–H and O–H groups in total. The molecular weight excluding hydrogens is 336 g/mol. The molecular formula is C14H13BrN4S. The molecule has 1 aromatic carbocycles. The highest BCUT2D eigenvalue weighted by molar-refractivity contribution is 9.11. The first-order chi connectivity index (χ1) is 9.72. The highest BCUT2D eigenvalue weighted by Gasteiger charge is 2.13. The zero-order valence-electron chi connectivity index (χ0n) is 10.6. The summed E-state index contributed by atoms with van der Waals surface area (Å²) >= 11 is 5.15. The van der Waals surface area contributed by atoms with Crippen LogP contribution in [0.3, 0.4) is 0 Å². The average molecular weight is 349 g/mol. The summed E-state index contributed by atoms with van der Waals surface area (Å²) < 4.78 is 1.12. The van der Waals surface area contributed by atoms with Gasteiger partial charge in [0.05, 0.1) is 21.7 Å². The Morgan fingerprint density at radius 1 is 1.20 bits per heavy atom. The minimum absolute atomic E-state index is 0.141. The van der Waals surface area contributed by atoms with Crippen molar-refractivity contribution < 1.29 is 0 Å². The van der Waals surface area contributed by atoms with E-state index in [1.807, 2.05) is 36.4 Å². The molecule has 6 heteroatoms. The van der Waals surface area contributed by atoms with Crippen molar-refractivity contribution in [2.75, 3.05) is 0 Å². The number of hydrogen-bond acceptors (Lipinski definition) is 4. The van der Waals surface area contributed by atoms with E-state index < -0.39 is 0 Å². The Balaban J connectivity index is 1.76. The maximum absolute atomic E-state index is 6.20. The molecule has 1 atom stereocenters. The van der Waals surface area contributed by atoms with Crippen LogP contribution in [0.2, 0.25) is 0 Å². The molecule has 2 heterocycles. The number of benzene rings is 1. The Morgan fingerprint density at radius 3 is 2.70 bits per heavy atom. The fourth-order valence-corrected chi connectivity index (χ4v) is 3.45. The van der Waals surface area contributed by atoms with E-state index in [2.05, 4.69) is 32.2 Å². The first kappa shape index (κ1) is 13.5.